The predicted octanol–water partition coefficient (Wildman–Crippen LogP) is 0.900. The van der Waals surface area contributed by atoms with Gasteiger partial charge in [-0.2, -0.15) is 0 Å². The predicted molar refractivity (Wildman–Crippen MR) is 97.3 cm³/mol. The van der Waals surface area contributed by atoms with Crippen LogP contribution in [0.1, 0.15) is 30.6 Å². The number of nitrogens with one attached hydrogen (secondary N) is 2. The minimum atomic E-state index is -0.727. The van der Waals surface area contributed by atoms with E-state index in [9.17, 15) is 14.4 Å². The molecule has 0 saturated carbocycles. The Balaban J connectivity index is 2.61. The molecule has 1 rings (SSSR count). The largest absolute Gasteiger partial charge is 0.493 e. The molecule has 9 heteroatoms. The van der Waals surface area contributed by atoms with Crippen molar-refractivity contribution in [3.05, 3.63) is 17.7 Å². The Morgan fingerprint density at radius 3 is 2.11 bits per heavy atom. The molecule has 27 heavy (non-hydrogen) atoms. The van der Waals surface area contributed by atoms with Gasteiger partial charge < -0.3 is 29.6 Å². The minimum Gasteiger partial charge on any atom is -0.493 e. The van der Waals surface area contributed by atoms with Gasteiger partial charge >= 0.3 is 5.97 Å². The molecule has 0 aliphatic carbocycles. The topological polar surface area (TPSA) is 112 Å². The molecule has 2 amide bonds. The zero-order valence-corrected chi connectivity index (χ0v) is 16.2. The fourth-order valence-corrected chi connectivity index (χ4v) is 2.08. The van der Waals surface area contributed by atoms with E-state index in [1.165, 1.54) is 33.5 Å². The summed E-state index contributed by atoms with van der Waals surface area (Å²) in [5.41, 5.74) is 0.215. The average molecular weight is 382 g/mol. The highest BCUT2D eigenvalue weighted by Gasteiger charge is 2.18. The first kappa shape index (κ1) is 22.1. The van der Waals surface area contributed by atoms with E-state index in [1.807, 2.05) is 13.8 Å². The van der Waals surface area contributed by atoms with Gasteiger partial charge in [-0.3, -0.25) is 14.4 Å². The van der Waals surface area contributed by atoms with Crippen LogP contribution in [0.2, 0.25) is 0 Å². The smallest absolute Gasteiger partial charge is 0.325 e. The number of carbonyl (C=O) groups is 3. The van der Waals surface area contributed by atoms with E-state index in [-0.39, 0.29) is 18.2 Å². The second-order valence-electron chi connectivity index (χ2n) is 5.63. The van der Waals surface area contributed by atoms with Gasteiger partial charge in [0.15, 0.2) is 18.1 Å². The normalized spacial score (nSPS) is 11.1. The molecule has 0 heterocycles. The van der Waals surface area contributed by atoms with Crippen LogP contribution in [0.3, 0.4) is 0 Å². The van der Waals surface area contributed by atoms with Gasteiger partial charge in [0.1, 0.15) is 6.54 Å². The quantitative estimate of drug-likeness (QED) is 0.578. The zero-order chi connectivity index (χ0) is 20.4. The molecule has 0 saturated heterocycles. The first-order valence-electron chi connectivity index (χ1n) is 8.39. The van der Waals surface area contributed by atoms with Crippen molar-refractivity contribution in [2.24, 2.45) is 0 Å². The highest BCUT2D eigenvalue weighted by atomic mass is 16.5. The standard InChI is InChI=1S/C18H26N2O7/c1-6-11(2)20-15(21)10-27-16(22)9-19-18(23)12-7-13(24-3)17(26-5)14(8-12)25-4/h7-8,11H,6,9-10H2,1-5H3,(H,19,23)(H,20,21)/t11-/m0/s1. The summed E-state index contributed by atoms with van der Waals surface area (Å²) in [4.78, 5) is 35.5. The molecular formula is C18H26N2O7. The van der Waals surface area contributed by atoms with Gasteiger partial charge in [0.05, 0.1) is 21.3 Å². The van der Waals surface area contributed by atoms with Crippen LogP contribution in [0.4, 0.5) is 0 Å². The molecule has 1 atom stereocenters. The molecular weight excluding hydrogens is 356 g/mol. The van der Waals surface area contributed by atoms with E-state index in [4.69, 9.17) is 18.9 Å². The summed E-state index contributed by atoms with van der Waals surface area (Å²) in [6.07, 6.45) is 0.768. The molecule has 0 unspecified atom stereocenters. The lowest BCUT2D eigenvalue weighted by atomic mass is 10.1. The molecule has 0 aliphatic rings. The van der Waals surface area contributed by atoms with Crippen molar-refractivity contribution in [2.45, 2.75) is 26.3 Å². The first-order chi connectivity index (χ1) is 12.9. The van der Waals surface area contributed by atoms with Gasteiger partial charge in [-0.1, -0.05) is 6.92 Å². The Labute approximate surface area is 158 Å². The van der Waals surface area contributed by atoms with E-state index in [1.54, 1.807) is 0 Å². The maximum Gasteiger partial charge on any atom is 0.325 e. The molecule has 0 bridgehead atoms. The molecule has 9 nitrogen and oxygen atoms in total. The molecule has 0 radical (unpaired) electrons. The number of benzene rings is 1. The number of hydrogen-bond donors (Lipinski definition) is 2. The SMILES string of the molecule is CC[C@H](C)NC(=O)COC(=O)CNC(=O)c1cc(OC)c(OC)c(OC)c1. The van der Waals surface area contributed by atoms with Gasteiger partial charge in [-0.05, 0) is 25.5 Å². The van der Waals surface area contributed by atoms with Crippen molar-refractivity contribution in [1.82, 2.24) is 10.6 Å². The Kier molecular flexibility index (Phi) is 8.91. The Hall–Kier alpha value is -2.97. The summed E-state index contributed by atoms with van der Waals surface area (Å²) in [5, 5.41) is 5.09. The lowest BCUT2D eigenvalue weighted by Crippen LogP contribution is -2.37. The van der Waals surface area contributed by atoms with E-state index in [2.05, 4.69) is 10.6 Å². The maximum absolute atomic E-state index is 12.3. The van der Waals surface area contributed by atoms with Gasteiger partial charge in [0.25, 0.3) is 11.8 Å². The number of esters is 1. The van der Waals surface area contributed by atoms with Crippen LogP contribution >= 0.6 is 0 Å². The van der Waals surface area contributed by atoms with Crippen molar-refractivity contribution in [3.63, 3.8) is 0 Å². The molecule has 0 fully saturated rings. The second-order valence-corrected chi connectivity index (χ2v) is 5.63. The number of hydrogen-bond acceptors (Lipinski definition) is 7. The Morgan fingerprint density at radius 1 is 1.04 bits per heavy atom. The van der Waals surface area contributed by atoms with Gasteiger partial charge in [-0.15, -0.1) is 0 Å². The first-order valence-corrected chi connectivity index (χ1v) is 8.39. The molecule has 1 aromatic carbocycles. The van der Waals surface area contributed by atoms with Crippen molar-refractivity contribution < 1.29 is 33.3 Å². The third-order valence-corrected chi connectivity index (χ3v) is 3.70. The maximum atomic E-state index is 12.3. The summed E-state index contributed by atoms with van der Waals surface area (Å²) >= 11 is 0. The van der Waals surface area contributed by atoms with Gasteiger partial charge in [0.2, 0.25) is 5.75 Å². The molecule has 150 valence electrons. The molecule has 2 N–H and O–H groups in total. The van der Waals surface area contributed by atoms with Crippen molar-refractivity contribution in [3.8, 4) is 17.2 Å². The summed E-state index contributed by atoms with van der Waals surface area (Å²) in [5.74, 6) is -0.681. The van der Waals surface area contributed by atoms with Crippen LogP contribution in [0.15, 0.2) is 12.1 Å². The van der Waals surface area contributed by atoms with E-state index in [0.717, 1.165) is 6.42 Å². The summed E-state index contributed by atoms with van der Waals surface area (Å²) in [6, 6.07) is 2.92. The fraction of sp³-hybridized carbons (Fsp3) is 0.500. The van der Waals surface area contributed by atoms with Crippen molar-refractivity contribution in [1.29, 1.82) is 0 Å². The lowest BCUT2D eigenvalue weighted by Gasteiger charge is -2.14. The zero-order valence-electron chi connectivity index (χ0n) is 16.2. The van der Waals surface area contributed by atoms with E-state index in [0.29, 0.717) is 17.2 Å². The molecule has 0 aliphatic heterocycles. The second kappa shape index (κ2) is 10.9. The minimum absolute atomic E-state index is 0.00376. The molecule has 0 aromatic heterocycles. The van der Waals surface area contributed by atoms with Crippen LogP contribution in [-0.2, 0) is 14.3 Å². The highest BCUT2D eigenvalue weighted by molar-refractivity contribution is 5.97. The van der Waals surface area contributed by atoms with Crippen LogP contribution in [-0.4, -0.2) is 58.3 Å². The average Bonchev–Trinajstić information content (AvgIpc) is 2.68. The number of amides is 2. The summed E-state index contributed by atoms with van der Waals surface area (Å²) < 4.78 is 20.4. The van der Waals surface area contributed by atoms with E-state index >= 15 is 0 Å². The number of ether oxygens (including phenoxy) is 4. The van der Waals surface area contributed by atoms with Gasteiger partial charge in [0, 0.05) is 11.6 Å². The number of methoxy groups -OCH3 is 3. The van der Waals surface area contributed by atoms with Crippen LogP contribution < -0.4 is 24.8 Å². The van der Waals surface area contributed by atoms with Crippen LogP contribution in [0, 0.1) is 0 Å². The number of rotatable bonds is 10. The Bertz CT molecular complexity index is 651. The summed E-state index contributed by atoms with van der Waals surface area (Å²) in [7, 11) is 4.31. The van der Waals surface area contributed by atoms with Crippen molar-refractivity contribution >= 4 is 17.8 Å². The summed E-state index contributed by atoms with van der Waals surface area (Å²) in [6.45, 7) is 2.99. The van der Waals surface area contributed by atoms with Gasteiger partial charge in [-0.25, -0.2) is 0 Å². The monoisotopic (exact) mass is 382 g/mol. The van der Waals surface area contributed by atoms with Crippen molar-refractivity contribution in [2.75, 3.05) is 34.5 Å². The fourth-order valence-electron chi connectivity index (χ4n) is 2.08. The lowest BCUT2D eigenvalue weighted by molar-refractivity contribution is -0.147. The number of carbonyl (C=O) groups excluding carboxylic acids is 3. The van der Waals surface area contributed by atoms with E-state index < -0.39 is 24.4 Å². The van der Waals surface area contributed by atoms with Crippen LogP contribution in [0.5, 0.6) is 17.2 Å². The van der Waals surface area contributed by atoms with Crippen LogP contribution in [0.25, 0.3) is 0 Å². The molecule has 0 spiro atoms. The molecule has 1 aromatic rings. The third kappa shape index (κ3) is 6.69. The third-order valence-electron chi connectivity index (χ3n) is 3.70. The Morgan fingerprint density at radius 2 is 1.63 bits per heavy atom. The highest BCUT2D eigenvalue weighted by Crippen LogP contribution is 2.38.